The van der Waals surface area contributed by atoms with Crippen LogP contribution in [0.3, 0.4) is 0 Å². The first-order chi connectivity index (χ1) is 19.9. The quantitative estimate of drug-likeness (QED) is 0.272. The third-order valence-corrected chi connectivity index (χ3v) is 7.27. The number of piperidine rings is 1. The minimum absolute atomic E-state index is 0.00686. The Hall–Kier alpha value is -3.40. The van der Waals surface area contributed by atoms with E-state index in [0.29, 0.717) is 69.4 Å². The lowest BCUT2D eigenvalue weighted by atomic mass is 10.0. The van der Waals surface area contributed by atoms with Gasteiger partial charge in [0.1, 0.15) is 24.1 Å². The predicted octanol–water partition coefficient (Wildman–Crippen LogP) is 4.51. The Morgan fingerprint density at radius 1 is 0.927 bits per heavy atom. The zero-order valence-electron chi connectivity index (χ0n) is 24.1. The van der Waals surface area contributed by atoms with E-state index in [9.17, 15) is 9.59 Å². The van der Waals surface area contributed by atoms with E-state index in [-0.39, 0.29) is 17.9 Å². The molecule has 2 aliphatic heterocycles. The van der Waals surface area contributed by atoms with Gasteiger partial charge >= 0.3 is 0 Å². The van der Waals surface area contributed by atoms with Gasteiger partial charge in [-0.15, -0.1) is 0 Å². The fourth-order valence-electron chi connectivity index (χ4n) is 4.97. The van der Waals surface area contributed by atoms with Gasteiger partial charge in [-0.05, 0) is 86.9 Å². The summed E-state index contributed by atoms with van der Waals surface area (Å²) in [6.45, 7) is 9.79. The Kier molecular flexibility index (Phi) is 11.6. The molecule has 3 N–H and O–H groups in total. The molecule has 2 atom stereocenters. The van der Waals surface area contributed by atoms with Crippen molar-refractivity contribution in [1.29, 1.82) is 0 Å². The molecule has 4 rings (SSSR count). The molecule has 2 aromatic carbocycles. The standard InChI is InChI=1S/C32H43N3O6/c1-23-10-13-30(31(36)34-23)35-22-26-21-28(11-12-29(26)32(35)37)41-19-18-39-16-7-15-38-14-4-3-5-17-40-27-9-6-8-25(20-27)24(2)33/h6,8-9,11-12,20-21,24,30H,1,3-5,7,10,13-19,22,33H2,2H3,(H,34,36)/t24-,30?/m1/s1. The lowest BCUT2D eigenvalue weighted by Crippen LogP contribution is -2.49. The average molecular weight is 566 g/mol. The Morgan fingerprint density at radius 3 is 2.46 bits per heavy atom. The summed E-state index contributed by atoms with van der Waals surface area (Å²) >= 11 is 0. The van der Waals surface area contributed by atoms with E-state index >= 15 is 0 Å². The van der Waals surface area contributed by atoms with Gasteiger partial charge in [0.25, 0.3) is 5.91 Å². The lowest BCUT2D eigenvalue weighted by molar-refractivity contribution is -0.126. The van der Waals surface area contributed by atoms with Gasteiger partial charge in [0.15, 0.2) is 0 Å². The summed E-state index contributed by atoms with van der Waals surface area (Å²) < 4.78 is 23.0. The van der Waals surface area contributed by atoms with Gasteiger partial charge < -0.3 is 34.9 Å². The van der Waals surface area contributed by atoms with E-state index in [4.69, 9.17) is 24.7 Å². The molecule has 0 saturated carbocycles. The number of carbonyl (C=O) groups is 2. The first-order valence-corrected chi connectivity index (χ1v) is 14.6. The van der Waals surface area contributed by atoms with Gasteiger partial charge in [-0.1, -0.05) is 18.7 Å². The van der Waals surface area contributed by atoms with Crippen LogP contribution >= 0.6 is 0 Å². The Balaban J connectivity index is 0.995. The fourth-order valence-corrected chi connectivity index (χ4v) is 4.97. The van der Waals surface area contributed by atoms with Crippen LogP contribution in [-0.2, 0) is 20.8 Å². The van der Waals surface area contributed by atoms with Gasteiger partial charge in [0.2, 0.25) is 5.91 Å². The Labute approximate surface area is 243 Å². The molecule has 1 fully saturated rings. The molecule has 0 aliphatic carbocycles. The highest BCUT2D eigenvalue weighted by atomic mass is 16.5. The number of rotatable bonds is 17. The van der Waals surface area contributed by atoms with Crippen LogP contribution in [0.15, 0.2) is 54.7 Å². The number of allylic oxidation sites excluding steroid dienone is 1. The molecule has 2 aliphatic rings. The highest BCUT2D eigenvalue weighted by Gasteiger charge is 2.38. The van der Waals surface area contributed by atoms with Crippen LogP contribution < -0.4 is 20.5 Å². The zero-order chi connectivity index (χ0) is 29.0. The molecule has 0 bridgehead atoms. The number of nitrogens with two attached hydrogens (primary N) is 1. The van der Waals surface area contributed by atoms with Crippen molar-refractivity contribution in [2.24, 2.45) is 5.73 Å². The molecule has 0 spiro atoms. The number of ether oxygens (including phenoxy) is 4. The van der Waals surface area contributed by atoms with Gasteiger partial charge in [0, 0.05) is 43.7 Å². The van der Waals surface area contributed by atoms with Crippen LogP contribution in [0.2, 0.25) is 0 Å². The number of hydrogen-bond donors (Lipinski definition) is 2. The zero-order valence-corrected chi connectivity index (χ0v) is 24.1. The topological polar surface area (TPSA) is 112 Å². The predicted molar refractivity (Wildman–Crippen MR) is 157 cm³/mol. The van der Waals surface area contributed by atoms with Crippen LogP contribution in [0.4, 0.5) is 0 Å². The molecule has 0 aromatic heterocycles. The second-order valence-corrected chi connectivity index (χ2v) is 10.6. The maximum Gasteiger partial charge on any atom is 0.255 e. The minimum atomic E-state index is -0.461. The molecule has 2 aromatic rings. The van der Waals surface area contributed by atoms with Crippen molar-refractivity contribution in [3.05, 3.63) is 71.4 Å². The number of carbonyl (C=O) groups excluding carboxylic acids is 2. The molecule has 1 unspecified atom stereocenters. The molecule has 222 valence electrons. The summed E-state index contributed by atoms with van der Waals surface area (Å²) in [5, 5.41) is 2.76. The van der Waals surface area contributed by atoms with Crippen molar-refractivity contribution in [2.45, 2.75) is 64.1 Å². The second kappa shape index (κ2) is 15.6. The molecule has 41 heavy (non-hydrogen) atoms. The van der Waals surface area contributed by atoms with Crippen LogP contribution in [0.5, 0.6) is 11.5 Å². The van der Waals surface area contributed by atoms with Gasteiger partial charge in [0.05, 0.1) is 13.2 Å². The number of unbranched alkanes of at least 4 members (excludes halogenated alkanes) is 2. The summed E-state index contributed by atoms with van der Waals surface area (Å²) in [4.78, 5) is 26.8. The SMILES string of the molecule is C=C1CCC(N2Cc3cc(OCCOCCCOCCCCCOc4cccc([C@@H](C)N)c4)ccc3C2=O)C(=O)N1. The van der Waals surface area contributed by atoms with E-state index in [0.717, 1.165) is 49.2 Å². The van der Waals surface area contributed by atoms with Gasteiger partial charge in [-0.25, -0.2) is 0 Å². The Morgan fingerprint density at radius 2 is 1.66 bits per heavy atom. The largest absolute Gasteiger partial charge is 0.494 e. The molecular formula is C32H43N3O6. The van der Waals surface area contributed by atoms with Crippen LogP contribution in [0.1, 0.15) is 73.0 Å². The molecular weight excluding hydrogens is 522 g/mol. The number of nitrogens with zero attached hydrogens (tertiary/aromatic N) is 1. The number of hydrogen-bond acceptors (Lipinski definition) is 7. The van der Waals surface area contributed by atoms with Crippen LogP contribution in [0, 0.1) is 0 Å². The normalized spacial score (nSPS) is 17.4. The van der Waals surface area contributed by atoms with Crippen molar-refractivity contribution < 1.29 is 28.5 Å². The van der Waals surface area contributed by atoms with E-state index in [2.05, 4.69) is 11.9 Å². The number of nitrogens with one attached hydrogen (secondary N) is 1. The average Bonchev–Trinajstić information content (AvgIpc) is 3.28. The summed E-state index contributed by atoms with van der Waals surface area (Å²) in [5.41, 5.74) is 9.21. The highest BCUT2D eigenvalue weighted by molar-refractivity contribution is 6.01. The smallest absolute Gasteiger partial charge is 0.255 e. The van der Waals surface area contributed by atoms with Gasteiger partial charge in [-0.3, -0.25) is 9.59 Å². The van der Waals surface area contributed by atoms with Crippen LogP contribution in [-0.4, -0.2) is 62.4 Å². The third kappa shape index (κ3) is 9.05. The van der Waals surface area contributed by atoms with E-state index in [1.807, 2.05) is 37.3 Å². The second-order valence-electron chi connectivity index (χ2n) is 10.6. The molecule has 2 heterocycles. The maximum atomic E-state index is 12.8. The fraction of sp³-hybridized carbons (Fsp3) is 0.500. The summed E-state index contributed by atoms with van der Waals surface area (Å²) in [7, 11) is 0. The number of amides is 2. The lowest BCUT2D eigenvalue weighted by Gasteiger charge is -2.30. The van der Waals surface area contributed by atoms with E-state index in [1.54, 1.807) is 17.0 Å². The van der Waals surface area contributed by atoms with Crippen molar-refractivity contribution in [3.63, 3.8) is 0 Å². The first-order valence-electron chi connectivity index (χ1n) is 14.6. The highest BCUT2D eigenvalue weighted by Crippen LogP contribution is 2.30. The van der Waals surface area contributed by atoms with Crippen molar-refractivity contribution in [3.8, 4) is 11.5 Å². The number of benzene rings is 2. The van der Waals surface area contributed by atoms with Crippen molar-refractivity contribution >= 4 is 11.8 Å². The maximum absolute atomic E-state index is 12.8. The summed E-state index contributed by atoms with van der Waals surface area (Å²) in [5.74, 6) is 1.28. The van der Waals surface area contributed by atoms with E-state index in [1.165, 1.54) is 0 Å². The van der Waals surface area contributed by atoms with Crippen molar-refractivity contribution in [2.75, 3.05) is 39.6 Å². The third-order valence-electron chi connectivity index (χ3n) is 7.27. The molecule has 9 nitrogen and oxygen atoms in total. The molecule has 9 heteroatoms. The molecule has 1 saturated heterocycles. The van der Waals surface area contributed by atoms with Crippen molar-refractivity contribution in [1.82, 2.24) is 10.2 Å². The monoisotopic (exact) mass is 565 g/mol. The minimum Gasteiger partial charge on any atom is -0.494 e. The summed E-state index contributed by atoms with van der Waals surface area (Å²) in [6, 6.07) is 13.0. The molecule has 2 amide bonds. The van der Waals surface area contributed by atoms with Crippen LogP contribution in [0.25, 0.3) is 0 Å². The first kappa shape index (κ1) is 30.6. The molecule has 0 radical (unpaired) electrons. The Bertz CT molecular complexity index is 1180. The van der Waals surface area contributed by atoms with Gasteiger partial charge in [-0.2, -0.15) is 0 Å². The number of fused-ring (bicyclic) bond motifs is 1. The summed E-state index contributed by atoms with van der Waals surface area (Å²) in [6.07, 6.45) is 5.16. The van der Waals surface area contributed by atoms with E-state index < -0.39 is 6.04 Å².